The number of carbonyl (C=O) groups excluding carboxylic acids is 1. The van der Waals surface area contributed by atoms with Crippen LogP contribution in [0.3, 0.4) is 0 Å². The first-order valence-electron chi connectivity index (χ1n) is 10.0. The fourth-order valence-electron chi connectivity index (χ4n) is 3.51. The SMILES string of the molecule is CCc1ccc(NC(=O)CN2CCN(CCn3ccnc3CC)CC2)cc1. The van der Waals surface area contributed by atoms with Crippen LogP contribution in [0, 0.1) is 0 Å². The highest BCUT2D eigenvalue weighted by Crippen LogP contribution is 2.10. The lowest BCUT2D eigenvalue weighted by atomic mass is 10.1. The summed E-state index contributed by atoms with van der Waals surface area (Å²) >= 11 is 0. The number of nitrogens with zero attached hydrogens (tertiary/aromatic N) is 4. The standard InChI is InChI=1S/C21H31N5O/c1-3-18-5-7-19(8-6-18)23-21(27)17-25-13-11-24(12-14-25)15-16-26-10-9-22-20(26)4-2/h5-10H,3-4,11-17H2,1-2H3,(H,23,27). The van der Waals surface area contributed by atoms with E-state index in [1.807, 2.05) is 18.3 Å². The predicted molar refractivity (Wildman–Crippen MR) is 109 cm³/mol. The van der Waals surface area contributed by atoms with Gasteiger partial charge in [-0.2, -0.15) is 0 Å². The van der Waals surface area contributed by atoms with Crippen LogP contribution in [-0.4, -0.2) is 64.5 Å². The summed E-state index contributed by atoms with van der Waals surface area (Å²) in [6.45, 7) is 10.6. The van der Waals surface area contributed by atoms with E-state index in [4.69, 9.17) is 0 Å². The van der Waals surface area contributed by atoms with E-state index >= 15 is 0 Å². The quantitative estimate of drug-likeness (QED) is 0.776. The van der Waals surface area contributed by atoms with Crippen molar-refractivity contribution in [1.82, 2.24) is 19.4 Å². The molecule has 0 radical (unpaired) electrons. The van der Waals surface area contributed by atoms with Gasteiger partial charge in [-0.3, -0.25) is 14.6 Å². The number of hydrogen-bond acceptors (Lipinski definition) is 4. The second-order valence-electron chi connectivity index (χ2n) is 7.11. The molecule has 1 saturated heterocycles. The number of carbonyl (C=O) groups is 1. The molecule has 146 valence electrons. The number of piperazine rings is 1. The lowest BCUT2D eigenvalue weighted by molar-refractivity contribution is -0.117. The summed E-state index contributed by atoms with van der Waals surface area (Å²) in [5.74, 6) is 1.22. The Morgan fingerprint density at radius 1 is 1.00 bits per heavy atom. The summed E-state index contributed by atoms with van der Waals surface area (Å²) in [6.07, 6.45) is 5.92. The van der Waals surface area contributed by atoms with Crippen LogP contribution < -0.4 is 5.32 Å². The molecular formula is C21H31N5O. The van der Waals surface area contributed by atoms with Gasteiger partial charge in [0.2, 0.25) is 5.91 Å². The van der Waals surface area contributed by atoms with E-state index in [1.165, 1.54) is 5.56 Å². The van der Waals surface area contributed by atoms with Crippen molar-refractivity contribution in [2.75, 3.05) is 44.6 Å². The number of rotatable bonds is 8. The number of imidazole rings is 1. The Hall–Kier alpha value is -2.18. The Balaban J connectivity index is 1.37. The number of benzene rings is 1. The smallest absolute Gasteiger partial charge is 0.238 e. The van der Waals surface area contributed by atoms with Crippen molar-refractivity contribution < 1.29 is 4.79 Å². The Labute approximate surface area is 162 Å². The number of aryl methyl sites for hydroxylation is 2. The minimum absolute atomic E-state index is 0.0682. The average molecular weight is 370 g/mol. The molecule has 1 fully saturated rings. The maximum atomic E-state index is 12.3. The Kier molecular flexibility index (Phi) is 7.01. The van der Waals surface area contributed by atoms with Gasteiger partial charge in [-0.15, -0.1) is 0 Å². The number of nitrogens with one attached hydrogen (secondary N) is 1. The number of hydrogen-bond donors (Lipinski definition) is 1. The molecule has 1 aromatic heterocycles. The molecule has 1 aliphatic heterocycles. The van der Waals surface area contributed by atoms with Crippen molar-refractivity contribution in [2.45, 2.75) is 33.2 Å². The van der Waals surface area contributed by atoms with Crippen LogP contribution in [0.2, 0.25) is 0 Å². The minimum Gasteiger partial charge on any atom is -0.334 e. The van der Waals surface area contributed by atoms with Gasteiger partial charge in [0.25, 0.3) is 0 Å². The molecule has 0 aliphatic carbocycles. The Bertz CT molecular complexity index is 716. The molecule has 0 spiro atoms. The molecule has 0 saturated carbocycles. The van der Waals surface area contributed by atoms with Crippen molar-refractivity contribution in [1.29, 1.82) is 0 Å². The summed E-state index contributed by atoms with van der Waals surface area (Å²) in [5, 5.41) is 3.00. The molecule has 27 heavy (non-hydrogen) atoms. The minimum atomic E-state index is 0.0682. The fraction of sp³-hybridized carbons (Fsp3) is 0.524. The lowest BCUT2D eigenvalue weighted by Crippen LogP contribution is -2.49. The summed E-state index contributed by atoms with van der Waals surface area (Å²) in [4.78, 5) is 21.4. The van der Waals surface area contributed by atoms with Crippen molar-refractivity contribution in [3.05, 3.63) is 48.0 Å². The normalized spacial score (nSPS) is 15.8. The van der Waals surface area contributed by atoms with Gasteiger partial charge in [-0.1, -0.05) is 26.0 Å². The van der Waals surface area contributed by atoms with Crippen LogP contribution in [0.25, 0.3) is 0 Å². The fourth-order valence-corrected chi connectivity index (χ4v) is 3.51. The van der Waals surface area contributed by atoms with Gasteiger partial charge in [0.05, 0.1) is 6.54 Å². The first-order chi connectivity index (χ1) is 13.2. The highest BCUT2D eigenvalue weighted by Gasteiger charge is 2.19. The molecule has 0 bridgehead atoms. The first-order valence-corrected chi connectivity index (χ1v) is 10.0. The van der Waals surface area contributed by atoms with Crippen molar-refractivity contribution >= 4 is 11.6 Å². The zero-order chi connectivity index (χ0) is 19.1. The zero-order valence-electron chi connectivity index (χ0n) is 16.5. The Morgan fingerprint density at radius 3 is 2.37 bits per heavy atom. The molecular weight excluding hydrogens is 338 g/mol. The van der Waals surface area contributed by atoms with E-state index < -0.39 is 0 Å². The van der Waals surface area contributed by atoms with Crippen LogP contribution in [-0.2, 0) is 24.2 Å². The van der Waals surface area contributed by atoms with Crippen LogP contribution in [0.15, 0.2) is 36.7 Å². The van der Waals surface area contributed by atoms with Crippen LogP contribution in [0.1, 0.15) is 25.2 Å². The third-order valence-corrected chi connectivity index (χ3v) is 5.25. The lowest BCUT2D eigenvalue weighted by Gasteiger charge is -2.34. The topological polar surface area (TPSA) is 53.4 Å². The van der Waals surface area contributed by atoms with Gasteiger partial charge in [-0.25, -0.2) is 4.98 Å². The van der Waals surface area contributed by atoms with Gasteiger partial charge < -0.3 is 9.88 Å². The van der Waals surface area contributed by atoms with Crippen LogP contribution in [0.5, 0.6) is 0 Å². The maximum absolute atomic E-state index is 12.3. The highest BCUT2D eigenvalue weighted by atomic mass is 16.2. The Morgan fingerprint density at radius 2 is 1.70 bits per heavy atom. The third kappa shape index (κ3) is 5.65. The van der Waals surface area contributed by atoms with Crippen molar-refractivity contribution in [3.8, 4) is 0 Å². The molecule has 1 aliphatic rings. The van der Waals surface area contributed by atoms with E-state index in [1.54, 1.807) is 0 Å². The summed E-state index contributed by atoms with van der Waals surface area (Å²) in [6, 6.07) is 8.10. The molecule has 0 atom stereocenters. The summed E-state index contributed by atoms with van der Waals surface area (Å²) in [5.41, 5.74) is 2.16. The second kappa shape index (κ2) is 9.67. The molecule has 6 nitrogen and oxygen atoms in total. The molecule has 1 N–H and O–H groups in total. The van der Waals surface area contributed by atoms with Gasteiger partial charge in [-0.05, 0) is 24.1 Å². The van der Waals surface area contributed by atoms with Crippen LogP contribution in [0.4, 0.5) is 5.69 Å². The van der Waals surface area contributed by atoms with Crippen molar-refractivity contribution in [2.24, 2.45) is 0 Å². The van der Waals surface area contributed by atoms with E-state index in [0.717, 1.165) is 63.6 Å². The molecule has 0 unspecified atom stereocenters. The molecule has 2 aromatic rings. The number of anilines is 1. The maximum Gasteiger partial charge on any atom is 0.238 e. The largest absolute Gasteiger partial charge is 0.334 e. The third-order valence-electron chi connectivity index (χ3n) is 5.25. The monoisotopic (exact) mass is 369 g/mol. The van der Waals surface area contributed by atoms with Gasteiger partial charge in [0, 0.05) is 63.8 Å². The van der Waals surface area contributed by atoms with E-state index in [0.29, 0.717) is 6.54 Å². The van der Waals surface area contributed by atoms with E-state index in [9.17, 15) is 4.79 Å². The number of aromatic nitrogens is 2. The predicted octanol–water partition coefficient (Wildman–Crippen LogP) is 2.26. The van der Waals surface area contributed by atoms with Gasteiger partial charge in [0.15, 0.2) is 0 Å². The highest BCUT2D eigenvalue weighted by molar-refractivity contribution is 5.92. The zero-order valence-corrected chi connectivity index (χ0v) is 16.5. The molecule has 6 heteroatoms. The molecule has 2 heterocycles. The van der Waals surface area contributed by atoms with Crippen molar-refractivity contribution in [3.63, 3.8) is 0 Å². The van der Waals surface area contributed by atoms with Gasteiger partial charge in [0.1, 0.15) is 5.82 Å². The molecule has 1 amide bonds. The van der Waals surface area contributed by atoms with E-state index in [-0.39, 0.29) is 5.91 Å². The van der Waals surface area contributed by atoms with E-state index in [2.05, 4.69) is 56.8 Å². The number of amides is 1. The van der Waals surface area contributed by atoms with Crippen LogP contribution >= 0.6 is 0 Å². The summed E-state index contributed by atoms with van der Waals surface area (Å²) in [7, 11) is 0. The summed E-state index contributed by atoms with van der Waals surface area (Å²) < 4.78 is 2.24. The average Bonchev–Trinajstić information content (AvgIpc) is 3.15. The molecule has 3 rings (SSSR count). The first kappa shape index (κ1) is 19.6. The van der Waals surface area contributed by atoms with Gasteiger partial charge >= 0.3 is 0 Å². The molecule has 1 aromatic carbocycles. The second-order valence-corrected chi connectivity index (χ2v) is 7.11.